The SMILES string of the molecule is CC(C)Cc1cc(-c2[c-]cccc2)nc[c]1[Ge]([CH3])([CH3])[CH3].Cc1[c-]c(-c2cc(C)ccn2)c2oc3nc(-c4c(C)cc(C)cc4C)ccc3c2c1.[Ir]. The molecule has 0 N–H and O–H groups in total. The fourth-order valence-corrected chi connectivity index (χ4v) is 10.2. The summed E-state index contributed by atoms with van der Waals surface area (Å²) in [5.41, 5.74) is 14.9. The third kappa shape index (κ3) is 8.60. The van der Waals surface area contributed by atoms with Crippen molar-refractivity contribution in [3.63, 3.8) is 0 Å². The quantitative estimate of drug-likeness (QED) is 0.123. The molecule has 0 aliphatic carbocycles. The van der Waals surface area contributed by atoms with Crippen LogP contribution in [0.2, 0.25) is 17.3 Å². The Balaban J connectivity index is 0.000000211. The van der Waals surface area contributed by atoms with Crippen molar-refractivity contribution in [2.24, 2.45) is 5.92 Å². The zero-order chi connectivity index (χ0) is 35.7. The monoisotopic (exact) mass is 912 g/mol. The van der Waals surface area contributed by atoms with Gasteiger partial charge in [-0.15, -0.1) is 17.7 Å². The van der Waals surface area contributed by atoms with Crippen molar-refractivity contribution in [1.82, 2.24) is 15.0 Å². The Morgan fingerprint density at radius 3 is 2.16 bits per heavy atom. The molecule has 1 radical (unpaired) electrons. The first-order valence-electron chi connectivity index (χ1n) is 17.5. The average molecular weight is 911 g/mol. The van der Waals surface area contributed by atoms with Crippen LogP contribution in [0.25, 0.3) is 55.8 Å². The number of fused-ring (bicyclic) bond motifs is 3. The molecule has 7 rings (SSSR count). The maximum atomic E-state index is 6.32. The van der Waals surface area contributed by atoms with Gasteiger partial charge in [0.15, 0.2) is 0 Å². The van der Waals surface area contributed by atoms with Gasteiger partial charge in [0.05, 0.1) is 11.3 Å². The molecule has 4 heterocycles. The molecule has 0 spiro atoms. The molecule has 0 saturated heterocycles. The van der Waals surface area contributed by atoms with Crippen LogP contribution in [-0.2, 0) is 26.5 Å². The largest absolute Gasteiger partial charge is 0.486 e. The van der Waals surface area contributed by atoms with Crippen LogP contribution in [0, 0.1) is 52.7 Å². The van der Waals surface area contributed by atoms with Gasteiger partial charge in [-0.25, -0.2) is 4.98 Å². The van der Waals surface area contributed by atoms with Gasteiger partial charge >= 0.3 is 126 Å². The Hall–Kier alpha value is -3.90. The summed E-state index contributed by atoms with van der Waals surface area (Å²) in [5, 5.41) is 2.07. The van der Waals surface area contributed by atoms with Crippen LogP contribution in [0.4, 0.5) is 0 Å². The molecule has 0 amide bonds. The number of furan rings is 1. The van der Waals surface area contributed by atoms with E-state index in [9.17, 15) is 0 Å². The van der Waals surface area contributed by atoms with Gasteiger partial charge in [0.2, 0.25) is 5.71 Å². The van der Waals surface area contributed by atoms with Crippen LogP contribution in [0.15, 0.2) is 89.6 Å². The fourth-order valence-electron chi connectivity index (χ4n) is 6.89. The molecular formula is C45H47GeIrN3O-2. The maximum Gasteiger partial charge on any atom is 0.216 e. The van der Waals surface area contributed by atoms with Crippen molar-refractivity contribution in [3.05, 3.63) is 131 Å². The molecule has 0 aliphatic rings. The summed E-state index contributed by atoms with van der Waals surface area (Å²) >= 11 is -1.86. The van der Waals surface area contributed by atoms with Crippen molar-refractivity contribution < 1.29 is 24.5 Å². The number of benzene rings is 3. The summed E-state index contributed by atoms with van der Waals surface area (Å²) in [4.78, 5) is 14.2. The third-order valence-electron chi connectivity index (χ3n) is 9.02. The molecular weight excluding hydrogens is 863 g/mol. The van der Waals surface area contributed by atoms with Crippen LogP contribution in [0.3, 0.4) is 0 Å². The average Bonchev–Trinajstić information content (AvgIpc) is 3.41. The first kappa shape index (κ1) is 38.3. The van der Waals surface area contributed by atoms with Crippen molar-refractivity contribution in [1.29, 1.82) is 0 Å². The molecule has 263 valence electrons. The predicted molar refractivity (Wildman–Crippen MR) is 213 cm³/mol. The first-order valence-corrected chi connectivity index (χ1v) is 24.9. The van der Waals surface area contributed by atoms with Crippen LogP contribution in [0.1, 0.15) is 47.2 Å². The Labute approximate surface area is 319 Å². The molecule has 0 saturated carbocycles. The minimum atomic E-state index is -1.86. The Morgan fingerprint density at radius 2 is 1.51 bits per heavy atom. The van der Waals surface area contributed by atoms with Gasteiger partial charge in [0.25, 0.3) is 0 Å². The van der Waals surface area contributed by atoms with Crippen LogP contribution >= 0.6 is 0 Å². The van der Waals surface area contributed by atoms with E-state index >= 15 is 0 Å². The number of aryl methyl sites for hydroxylation is 5. The van der Waals surface area contributed by atoms with E-state index in [2.05, 4.69) is 138 Å². The maximum absolute atomic E-state index is 6.32. The molecule has 0 aliphatic heterocycles. The molecule has 51 heavy (non-hydrogen) atoms. The molecule has 0 fully saturated rings. The van der Waals surface area contributed by atoms with Crippen molar-refractivity contribution in [2.75, 3.05) is 0 Å². The van der Waals surface area contributed by atoms with Crippen LogP contribution in [-0.4, -0.2) is 28.2 Å². The van der Waals surface area contributed by atoms with Crippen molar-refractivity contribution in [3.8, 4) is 33.8 Å². The van der Waals surface area contributed by atoms with E-state index in [0.717, 1.165) is 62.1 Å². The fraction of sp³-hybridized carbons (Fsp3) is 0.267. The second kappa shape index (κ2) is 15.8. The number of hydrogen-bond acceptors (Lipinski definition) is 4. The normalized spacial score (nSPS) is 11.4. The number of nitrogens with zero attached hydrogens (tertiary/aromatic N) is 3. The minimum Gasteiger partial charge on any atom is -0.486 e. The molecule has 4 aromatic heterocycles. The van der Waals surface area contributed by atoms with Crippen molar-refractivity contribution in [2.45, 2.75) is 72.2 Å². The van der Waals surface area contributed by atoms with E-state index < -0.39 is 13.3 Å². The molecule has 4 nitrogen and oxygen atoms in total. The van der Waals surface area contributed by atoms with Crippen LogP contribution in [0.5, 0.6) is 0 Å². The van der Waals surface area contributed by atoms with Gasteiger partial charge in [-0.05, 0) is 62.7 Å². The Morgan fingerprint density at radius 1 is 0.765 bits per heavy atom. The van der Waals surface area contributed by atoms with Gasteiger partial charge in [0.1, 0.15) is 0 Å². The van der Waals surface area contributed by atoms with E-state index in [1.807, 2.05) is 30.5 Å². The Kier molecular flexibility index (Phi) is 11.9. The molecule has 6 heteroatoms. The second-order valence-corrected chi connectivity index (χ2v) is 25.6. The molecule has 0 unspecified atom stereocenters. The van der Waals surface area contributed by atoms with Gasteiger partial charge < -0.3 is 9.40 Å². The molecule has 7 aromatic rings. The van der Waals surface area contributed by atoms with Crippen molar-refractivity contribution >= 4 is 39.7 Å². The van der Waals surface area contributed by atoms with Gasteiger partial charge in [-0.1, -0.05) is 47.2 Å². The zero-order valence-electron chi connectivity index (χ0n) is 31.5. The number of pyridine rings is 3. The minimum absolute atomic E-state index is 0. The second-order valence-electron chi connectivity index (χ2n) is 15.1. The predicted octanol–water partition coefficient (Wildman–Crippen LogP) is 11.3. The number of aromatic nitrogens is 3. The number of hydrogen-bond donors (Lipinski definition) is 0. The number of rotatable bonds is 6. The third-order valence-corrected chi connectivity index (χ3v) is 13.4. The van der Waals surface area contributed by atoms with E-state index in [0.29, 0.717) is 11.6 Å². The van der Waals surface area contributed by atoms with E-state index in [-0.39, 0.29) is 20.1 Å². The summed E-state index contributed by atoms with van der Waals surface area (Å²) in [6.45, 7) is 15.1. The molecule has 0 atom stereocenters. The van der Waals surface area contributed by atoms with Crippen LogP contribution < -0.4 is 4.40 Å². The molecule has 3 aromatic carbocycles. The van der Waals surface area contributed by atoms with E-state index in [4.69, 9.17) is 14.4 Å². The van der Waals surface area contributed by atoms with Gasteiger partial charge in [-0.2, -0.15) is 0 Å². The first-order chi connectivity index (χ1) is 23.8. The summed E-state index contributed by atoms with van der Waals surface area (Å²) in [5.74, 6) is 7.99. The summed E-state index contributed by atoms with van der Waals surface area (Å²) in [6, 6.07) is 31.9. The zero-order valence-corrected chi connectivity index (χ0v) is 35.9. The van der Waals surface area contributed by atoms with Gasteiger partial charge in [0, 0.05) is 37.3 Å². The van der Waals surface area contributed by atoms with Gasteiger partial charge in [-0.3, -0.25) is 0 Å². The Bertz CT molecular complexity index is 2300. The summed E-state index contributed by atoms with van der Waals surface area (Å²) in [6.07, 6.45) is 5.10. The standard InChI is InChI=1S/C27H23N2O.C18H24GeN.Ir/c1-15-8-9-28-24(14-15)22-13-17(3)12-21-20-6-7-23(29-27(20)30-26(21)22)25-18(4)10-16(2)11-19(25)5;1-14(2)11-16-12-18(15-9-7-6-8-10-15)20-13-17(16)19(3,4)5;/h6-12,14H,1-5H3;6-9,12-14H,11H2,1-5H3;/q2*-1;. The topological polar surface area (TPSA) is 51.8 Å². The molecule has 0 bridgehead atoms. The smallest absolute Gasteiger partial charge is 0.216 e. The summed E-state index contributed by atoms with van der Waals surface area (Å²) in [7, 11) is 0. The summed E-state index contributed by atoms with van der Waals surface area (Å²) < 4.78 is 7.86. The van der Waals surface area contributed by atoms with E-state index in [1.54, 1.807) is 4.40 Å². The van der Waals surface area contributed by atoms with E-state index in [1.165, 1.54) is 27.8 Å².